The van der Waals surface area contributed by atoms with Gasteiger partial charge in [-0.25, -0.2) is 9.97 Å². The molecule has 1 fully saturated rings. The van der Waals surface area contributed by atoms with Crippen molar-refractivity contribution in [2.24, 2.45) is 0 Å². The molecule has 0 atom stereocenters. The van der Waals surface area contributed by atoms with Crippen LogP contribution in [0.5, 0.6) is 0 Å². The van der Waals surface area contributed by atoms with Crippen LogP contribution in [-0.4, -0.2) is 23.1 Å². The molecular formula is C17H18N4. The normalized spacial score (nSPS) is 17.2. The van der Waals surface area contributed by atoms with Gasteiger partial charge in [-0.2, -0.15) is 5.26 Å². The first-order chi connectivity index (χ1) is 10.2. The van der Waals surface area contributed by atoms with Gasteiger partial charge >= 0.3 is 0 Å². The summed E-state index contributed by atoms with van der Waals surface area (Å²) in [5.41, 5.74) is 0.769. The molecule has 21 heavy (non-hydrogen) atoms. The molecule has 1 saturated heterocycles. The number of benzene rings is 1. The molecule has 0 saturated carbocycles. The second-order valence-electron chi connectivity index (χ2n) is 5.51. The van der Waals surface area contributed by atoms with Crippen LogP contribution in [0.15, 0.2) is 42.6 Å². The molecule has 0 amide bonds. The van der Waals surface area contributed by atoms with Gasteiger partial charge in [0.2, 0.25) is 0 Å². The highest BCUT2D eigenvalue weighted by molar-refractivity contribution is 5.41. The monoisotopic (exact) mass is 278 g/mol. The van der Waals surface area contributed by atoms with Crippen LogP contribution in [0.2, 0.25) is 0 Å². The van der Waals surface area contributed by atoms with Crippen LogP contribution in [0.1, 0.15) is 24.2 Å². The molecule has 1 aliphatic rings. The maximum absolute atomic E-state index is 9.70. The van der Waals surface area contributed by atoms with E-state index in [-0.39, 0.29) is 5.41 Å². The van der Waals surface area contributed by atoms with Crippen molar-refractivity contribution in [3.05, 3.63) is 54.0 Å². The largest absolute Gasteiger partial charge is 0.356 e. The van der Waals surface area contributed by atoms with Gasteiger partial charge < -0.3 is 4.90 Å². The van der Waals surface area contributed by atoms with Gasteiger partial charge in [0, 0.05) is 19.3 Å². The van der Waals surface area contributed by atoms with E-state index in [1.165, 1.54) is 0 Å². The van der Waals surface area contributed by atoms with Crippen LogP contribution < -0.4 is 4.90 Å². The quantitative estimate of drug-likeness (QED) is 0.847. The number of nitriles is 1. The maximum Gasteiger partial charge on any atom is 0.132 e. The molecule has 1 aliphatic heterocycles. The summed E-state index contributed by atoms with van der Waals surface area (Å²) in [5.74, 6) is 1.75. The Kier molecular flexibility index (Phi) is 3.57. The number of hydrogen-bond acceptors (Lipinski definition) is 4. The van der Waals surface area contributed by atoms with Crippen LogP contribution in [0, 0.1) is 18.3 Å². The second kappa shape index (κ2) is 5.53. The van der Waals surface area contributed by atoms with Crippen LogP contribution in [-0.2, 0) is 5.41 Å². The predicted molar refractivity (Wildman–Crippen MR) is 81.9 cm³/mol. The van der Waals surface area contributed by atoms with E-state index in [4.69, 9.17) is 0 Å². The zero-order valence-corrected chi connectivity index (χ0v) is 12.2. The fourth-order valence-corrected chi connectivity index (χ4v) is 2.96. The van der Waals surface area contributed by atoms with E-state index in [9.17, 15) is 5.26 Å². The number of anilines is 1. The summed E-state index contributed by atoms with van der Waals surface area (Å²) < 4.78 is 0. The number of piperidine rings is 1. The predicted octanol–water partition coefficient (Wildman–Crippen LogP) is 2.85. The molecule has 0 spiro atoms. The maximum atomic E-state index is 9.70. The molecule has 4 nitrogen and oxygen atoms in total. The minimum Gasteiger partial charge on any atom is -0.356 e. The summed E-state index contributed by atoms with van der Waals surface area (Å²) in [6.07, 6.45) is 3.45. The van der Waals surface area contributed by atoms with Crippen LogP contribution >= 0.6 is 0 Å². The SMILES string of the molecule is Cc1nccc(N2CCC(C#N)(c3ccccc3)CC2)n1. The number of aryl methyl sites for hydroxylation is 1. The smallest absolute Gasteiger partial charge is 0.132 e. The van der Waals surface area contributed by atoms with E-state index in [2.05, 4.69) is 33.1 Å². The standard InChI is InChI=1S/C17H18N4/c1-14-19-10-7-16(20-14)21-11-8-17(13-18,9-12-21)15-5-3-2-4-6-15/h2-7,10H,8-9,11-12H2,1H3. The summed E-state index contributed by atoms with van der Waals surface area (Å²) in [6, 6.07) is 14.6. The van der Waals surface area contributed by atoms with Crippen molar-refractivity contribution in [2.75, 3.05) is 18.0 Å². The Morgan fingerprint density at radius 2 is 1.86 bits per heavy atom. The van der Waals surface area contributed by atoms with Crippen molar-refractivity contribution >= 4 is 5.82 Å². The van der Waals surface area contributed by atoms with Gasteiger partial charge in [0.1, 0.15) is 11.6 Å². The molecule has 0 bridgehead atoms. The van der Waals surface area contributed by atoms with Crippen molar-refractivity contribution in [1.29, 1.82) is 5.26 Å². The minimum atomic E-state index is -0.361. The van der Waals surface area contributed by atoms with Crippen molar-refractivity contribution in [3.8, 4) is 6.07 Å². The lowest BCUT2D eigenvalue weighted by atomic mass is 9.74. The van der Waals surface area contributed by atoms with E-state index < -0.39 is 0 Å². The Labute approximate surface area is 125 Å². The number of nitrogens with zero attached hydrogens (tertiary/aromatic N) is 4. The number of hydrogen-bond donors (Lipinski definition) is 0. The molecule has 4 heteroatoms. The van der Waals surface area contributed by atoms with Gasteiger partial charge in [-0.1, -0.05) is 30.3 Å². The molecule has 0 radical (unpaired) electrons. The lowest BCUT2D eigenvalue weighted by Crippen LogP contribution is -2.42. The lowest BCUT2D eigenvalue weighted by Gasteiger charge is -2.38. The van der Waals surface area contributed by atoms with E-state index in [1.807, 2.05) is 31.2 Å². The van der Waals surface area contributed by atoms with Gasteiger partial charge in [0.25, 0.3) is 0 Å². The zero-order valence-electron chi connectivity index (χ0n) is 12.2. The average molecular weight is 278 g/mol. The van der Waals surface area contributed by atoms with Crippen molar-refractivity contribution in [1.82, 2.24) is 9.97 Å². The third-order valence-electron chi connectivity index (χ3n) is 4.24. The third kappa shape index (κ3) is 2.59. The molecule has 2 heterocycles. The Morgan fingerprint density at radius 1 is 1.14 bits per heavy atom. The Balaban J connectivity index is 1.79. The van der Waals surface area contributed by atoms with Crippen molar-refractivity contribution in [2.45, 2.75) is 25.2 Å². The fraction of sp³-hybridized carbons (Fsp3) is 0.353. The Morgan fingerprint density at radius 3 is 2.48 bits per heavy atom. The molecule has 0 unspecified atom stereocenters. The summed E-state index contributed by atoms with van der Waals surface area (Å²) in [5, 5.41) is 9.70. The molecule has 106 valence electrons. The summed E-state index contributed by atoms with van der Waals surface area (Å²) >= 11 is 0. The summed E-state index contributed by atoms with van der Waals surface area (Å²) in [6.45, 7) is 3.59. The highest BCUT2D eigenvalue weighted by atomic mass is 15.2. The Hall–Kier alpha value is -2.41. The van der Waals surface area contributed by atoms with Crippen molar-refractivity contribution < 1.29 is 0 Å². The summed E-state index contributed by atoms with van der Waals surface area (Å²) in [4.78, 5) is 10.9. The molecule has 0 N–H and O–H groups in total. The highest BCUT2D eigenvalue weighted by Crippen LogP contribution is 2.35. The first-order valence-electron chi connectivity index (χ1n) is 7.25. The fourth-order valence-electron chi connectivity index (χ4n) is 2.96. The first-order valence-corrected chi connectivity index (χ1v) is 7.25. The molecule has 3 rings (SSSR count). The van der Waals surface area contributed by atoms with Crippen LogP contribution in [0.3, 0.4) is 0 Å². The van der Waals surface area contributed by atoms with Gasteiger partial charge in [-0.15, -0.1) is 0 Å². The second-order valence-corrected chi connectivity index (χ2v) is 5.51. The third-order valence-corrected chi connectivity index (χ3v) is 4.24. The topological polar surface area (TPSA) is 52.8 Å². The molecule has 2 aromatic rings. The van der Waals surface area contributed by atoms with E-state index >= 15 is 0 Å². The molecular weight excluding hydrogens is 260 g/mol. The van der Waals surface area contributed by atoms with Crippen LogP contribution in [0.25, 0.3) is 0 Å². The van der Waals surface area contributed by atoms with E-state index in [0.717, 1.165) is 43.1 Å². The van der Waals surface area contributed by atoms with Gasteiger partial charge in [0.05, 0.1) is 11.5 Å². The minimum absolute atomic E-state index is 0.361. The molecule has 1 aromatic heterocycles. The first kappa shape index (κ1) is 13.6. The average Bonchev–Trinajstić information content (AvgIpc) is 2.56. The lowest BCUT2D eigenvalue weighted by molar-refractivity contribution is 0.414. The number of rotatable bonds is 2. The van der Waals surface area contributed by atoms with Gasteiger partial charge in [-0.3, -0.25) is 0 Å². The van der Waals surface area contributed by atoms with Gasteiger partial charge in [-0.05, 0) is 31.4 Å². The van der Waals surface area contributed by atoms with E-state index in [1.54, 1.807) is 6.20 Å². The van der Waals surface area contributed by atoms with Crippen LogP contribution in [0.4, 0.5) is 5.82 Å². The summed E-state index contributed by atoms with van der Waals surface area (Å²) in [7, 11) is 0. The zero-order chi connectivity index (χ0) is 14.7. The number of aromatic nitrogens is 2. The Bertz CT molecular complexity index is 652. The van der Waals surface area contributed by atoms with Crippen molar-refractivity contribution in [3.63, 3.8) is 0 Å². The molecule has 1 aromatic carbocycles. The highest BCUT2D eigenvalue weighted by Gasteiger charge is 2.36. The van der Waals surface area contributed by atoms with Gasteiger partial charge in [0.15, 0.2) is 0 Å². The van der Waals surface area contributed by atoms with E-state index in [0.29, 0.717) is 0 Å². The molecule has 0 aliphatic carbocycles.